The molecule has 0 unspecified atom stereocenters. The van der Waals surface area contributed by atoms with Crippen LogP contribution in [0.3, 0.4) is 0 Å². The second-order valence-corrected chi connectivity index (χ2v) is 6.93. The largest absolute Gasteiger partial charge is 0.463 e. The molecule has 0 aromatic carbocycles. The van der Waals surface area contributed by atoms with Crippen molar-refractivity contribution in [2.75, 3.05) is 6.61 Å². The molecule has 1 aliphatic carbocycles. The van der Waals surface area contributed by atoms with E-state index in [1.165, 1.54) is 19.3 Å². The Balaban J connectivity index is 1.91. The number of fused-ring (bicyclic) bond motifs is 5. The molecule has 0 radical (unpaired) electrons. The number of carbonyl (C=O) groups excluding carboxylic acids is 1. The van der Waals surface area contributed by atoms with Crippen molar-refractivity contribution in [3.63, 3.8) is 0 Å². The molecule has 0 aromatic heterocycles. The summed E-state index contributed by atoms with van der Waals surface area (Å²) in [6.45, 7) is 4.41. The van der Waals surface area contributed by atoms with Crippen molar-refractivity contribution in [2.24, 2.45) is 17.3 Å². The molecule has 19 heavy (non-hydrogen) atoms. The highest BCUT2D eigenvalue weighted by atomic mass is 16.6. The molecule has 2 bridgehead atoms. The first kappa shape index (κ1) is 13.4. The lowest BCUT2D eigenvalue weighted by Gasteiger charge is -2.40. The molecule has 1 saturated carbocycles. The minimum atomic E-state index is -0.690. The number of hydrogen-bond acceptors (Lipinski definition) is 4. The molecule has 4 nitrogen and oxygen atoms in total. The molecule has 2 aliphatic heterocycles. The van der Waals surface area contributed by atoms with E-state index in [-0.39, 0.29) is 24.6 Å². The zero-order chi connectivity index (χ0) is 13.6. The van der Waals surface area contributed by atoms with Gasteiger partial charge in [0.1, 0.15) is 6.61 Å². The van der Waals surface area contributed by atoms with Crippen LogP contribution in [0.15, 0.2) is 0 Å². The SMILES string of the molecule is CC1(C)[C@H](O)CC(=O)OC[C@H]2O[C@@H]1[C@@H]1CCCC[C@@H]12. The summed E-state index contributed by atoms with van der Waals surface area (Å²) in [5, 5.41) is 10.4. The van der Waals surface area contributed by atoms with Gasteiger partial charge in [-0.3, -0.25) is 4.79 Å². The molecule has 5 atom stereocenters. The van der Waals surface area contributed by atoms with E-state index in [0.717, 1.165) is 6.42 Å². The normalized spacial score (nSPS) is 45.6. The summed E-state index contributed by atoms with van der Waals surface area (Å²) in [5.74, 6) is 0.709. The Morgan fingerprint density at radius 1 is 1.21 bits per heavy atom. The molecule has 3 rings (SSSR count). The number of ether oxygens (including phenoxy) is 2. The molecular weight excluding hydrogens is 244 g/mol. The van der Waals surface area contributed by atoms with Crippen molar-refractivity contribution in [3.8, 4) is 0 Å². The van der Waals surface area contributed by atoms with E-state index in [4.69, 9.17) is 9.47 Å². The molecule has 2 heterocycles. The summed E-state index contributed by atoms with van der Waals surface area (Å²) < 4.78 is 11.5. The molecule has 108 valence electrons. The number of hydrogen-bond donors (Lipinski definition) is 1. The lowest BCUT2D eigenvalue weighted by atomic mass is 9.67. The number of cyclic esters (lactones) is 1. The van der Waals surface area contributed by atoms with Crippen LogP contribution in [0.1, 0.15) is 46.0 Å². The maximum Gasteiger partial charge on any atom is 0.308 e. The molecule has 0 aromatic rings. The fourth-order valence-corrected chi connectivity index (χ4v) is 4.15. The fraction of sp³-hybridized carbons (Fsp3) is 0.933. The van der Waals surface area contributed by atoms with Crippen LogP contribution in [-0.4, -0.2) is 36.0 Å². The average Bonchev–Trinajstić information content (AvgIpc) is 2.76. The Morgan fingerprint density at radius 2 is 1.89 bits per heavy atom. The number of carbonyl (C=O) groups is 1. The number of rotatable bonds is 0. The van der Waals surface area contributed by atoms with E-state index in [0.29, 0.717) is 18.4 Å². The highest BCUT2D eigenvalue weighted by molar-refractivity contribution is 5.70. The van der Waals surface area contributed by atoms with E-state index in [1.54, 1.807) is 0 Å². The van der Waals surface area contributed by atoms with Gasteiger partial charge in [0, 0.05) is 5.41 Å². The quantitative estimate of drug-likeness (QED) is 0.682. The highest BCUT2D eigenvalue weighted by Gasteiger charge is 2.54. The summed E-state index contributed by atoms with van der Waals surface area (Å²) >= 11 is 0. The van der Waals surface area contributed by atoms with Gasteiger partial charge in [-0.15, -0.1) is 0 Å². The number of esters is 1. The van der Waals surface area contributed by atoms with Gasteiger partial charge in [-0.2, -0.15) is 0 Å². The third-order valence-electron chi connectivity index (χ3n) is 5.42. The predicted molar refractivity (Wildman–Crippen MR) is 69.5 cm³/mol. The van der Waals surface area contributed by atoms with Gasteiger partial charge in [0.25, 0.3) is 0 Å². The van der Waals surface area contributed by atoms with Gasteiger partial charge >= 0.3 is 5.97 Å². The van der Waals surface area contributed by atoms with Crippen LogP contribution in [0.25, 0.3) is 0 Å². The molecule has 0 amide bonds. The van der Waals surface area contributed by atoms with Crippen LogP contribution in [0.2, 0.25) is 0 Å². The number of aliphatic hydroxyl groups is 1. The third-order valence-corrected chi connectivity index (χ3v) is 5.42. The summed E-state index contributed by atoms with van der Waals surface area (Å²) in [6.07, 6.45) is 4.30. The predicted octanol–water partition coefficient (Wildman–Crippen LogP) is 1.89. The standard InChI is InChI=1S/C15H24O4/c1-15(2)12(16)7-13(17)18-8-11-9-5-3-4-6-10(9)14(15)19-11/h9-12,14,16H,3-8H2,1-2H3/t9-,10+,11+,12+,14+/m0/s1. The molecule has 3 aliphatic rings. The van der Waals surface area contributed by atoms with Gasteiger partial charge in [-0.25, -0.2) is 0 Å². The summed E-state index contributed by atoms with van der Waals surface area (Å²) in [6, 6.07) is 0. The Kier molecular flexibility index (Phi) is 3.34. The second-order valence-electron chi connectivity index (χ2n) is 6.93. The minimum absolute atomic E-state index is 0.0313. The summed E-state index contributed by atoms with van der Waals surface area (Å²) in [5.41, 5.74) is -0.391. The maximum absolute atomic E-state index is 11.7. The summed E-state index contributed by atoms with van der Waals surface area (Å²) in [7, 11) is 0. The van der Waals surface area contributed by atoms with Crippen molar-refractivity contribution in [3.05, 3.63) is 0 Å². The minimum Gasteiger partial charge on any atom is -0.463 e. The van der Waals surface area contributed by atoms with Crippen LogP contribution < -0.4 is 0 Å². The monoisotopic (exact) mass is 268 g/mol. The van der Waals surface area contributed by atoms with Gasteiger partial charge in [0.05, 0.1) is 24.7 Å². The van der Waals surface area contributed by atoms with E-state index in [9.17, 15) is 9.90 Å². The average molecular weight is 268 g/mol. The maximum atomic E-state index is 11.7. The fourth-order valence-electron chi connectivity index (χ4n) is 4.15. The van der Waals surface area contributed by atoms with E-state index in [2.05, 4.69) is 0 Å². The van der Waals surface area contributed by atoms with Gasteiger partial charge in [-0.1, -0.05) is 26.7 Å². The van der Waals surface area contributed by atoms with Crippen LogP contribution in [-0.2, 0) is 14.3 Å². The van der Waals surface area contributed by atoms with Gasteiger partial charge < -0.3 is 14.6 Å². The van der Waals surface area contributed by atoms with E-state index >= 15 is 0 Å². The van der Waals surface area contributed by atoms with Crippen LogP contribution in [0.4, 0.5) is 0 Å². The van der Waals surface area contributed by atoms with Crippen molar-refractivity contribution >= 4 is 5.97 Å². The second kappa shape index (κ2) is 4.74. The smallest absolute Gasteiger partial charge is 0.308 e. The first-order chi connectivity index (χ1) is 9.00. The van der Waals surface area contributed by atoms with Gasteiger partial charge in [-0.05, 0) is 24.7 Å². The molecular formula is C15H24O4. The lowest BCUT2D eigenvalue weighted by Crippen LogP contribution is -2.45. The Bertz CT molecular complexity index is 365. The Hall–Kier alpha value is -0.610. The Morgan fingerprint density at radius 3 is 2.63 bits per heavy atom. The lowest BCUT2D eigenvalue weighted by molar-refractivity contribution is -0.149. The zero-order valence-electron chi connectivity index (χ0n) is 11.8. The summed E-state index contributed by atoms with van der Waals surface area (Å²) in [4.78, 5) is 11.7. The first-order valence-electron chi connectivity index (χ1n) is 7.49. The van der Waals surface area contributed by atoms with Crippen LogP contribution in [0.5, 0.6) is 0 Å². The van der Waals surface area contributed by atoms with Crippen molar-refractivity contribution in [2.45, 2.75) is 64.3 Å². The first-order valence-corrected chi connectivity index (χ1v) is 7.49. The van der Waals surface area contributed by atoms with Gasteiger partial charge in [0.2, 0.25) is 0 Å². The molecule has 2 saturated heterocycles. The zero-order valence-corrected chi connectivity index (χ0v) is 11.8. The molecule has 0 spiro atoms. The Labute approximate surface area is 114 Å². The molecule has 1 N–H and O–H groups in total. The van der Waals surface area contributed by atoms with Gasteiger partial charge in [0.15, 0.2) is 0 Å². The van der Waals surface area contributed by atoms with Crippen molar-refractivity contribution in [1.29, 1.82) is 0 Å². The molecule has 3 fully saturated rings. The van der Waals surface area contributed by atoms with E-state index < -0.39 is 11.5 Å². The van der Waals surface area contributed by atoms with Crippen molar-refractivity contribution < 1.29 is 19.4 Å². The third kappa shape index (κ3) is 2.19. The topological polar surface area (TPSA) is 55.8 Å². The number of aliphatic hydroxyl groups excluding tert-OH is 1. The van der Waals surface area contributed by atoms with Crippen LogP contribution >= 0.6 is 0 Å². The molecule has 4 heteroatoms. The highest BCUT2D eigenvalue weighted by Crippen LogP contribution is 2.50. The van der Waals surface area contributed by atoms with Crippen molar-refractivity contribution in [1.82, 2.24) is 0 Å². The van der Waals surface area contributed by atoms with E-state index in [1.807, 2.05) is 13.8 Å². The van der Waals surface area contributed by atoms with Crippen LogP contribution in [0, 0.1) is 17.3 Å².